The van der Waals surface area contributed by atoms with Gasteiger partial charge in [0.2, 0.25) is 0 Å². The Labute approximate surface area is 118 Å². The van der Waals surface area contributed by atoms with Gasteiger partial charge in [0.15, 0.2) is 0 Å². The maximum Gasteiger partial charge on any atom is 0.258 e. The number of anilines is 1. The molecule has 1 aromatic heterocycles. The van der Waals surface area contributed by atoms with Crippen LogP contribution in [0.3, 0.4) is 0 Å². The Morgan fingerprint density at radius 3 is 2.84 bits per heavy atom. The minimum absolute atomic E-state index is 0.126. The molecule has 0 aliphatic carbocycles. The zero-order chi connectivity index (χ0) is 14.0. The molecule has 1 N–H and O–H groups in total. The molecule has 0 unspecified atom stereocenters. The molecule has 100 valence electrons. The van der Waals surface area contributed by atoms with E-state index >= 15 is 0 Å². The van der Waals surface area contributed by atoms with Crippen molar-refractivity contribution in [3.63, 3.8) is 0 Å². The number of carbonyl (C=O) groups is 1. The topological polar surface area (TPSA) is 46.9 Å². The lowest BCUT2D eigenvalue weighted by Gasteiger charge is -2.12. The normalized spacial score (nSPS) is 10.8. The van der Waals surface area contributed by atoms with Crippen LogP contribution in [-0.2, 0) is 0 Å². The zero-order valence-corrected chi connectivity index (χ0v) is 12.1. The van der Waals surface area contributed by atoms with Gasteiger partial charge in [-0.1, -0.05) is 0 Å². The van der Waals surface area contributed by atoms with Gasteiger partial charge in [0.05, 0.1) is 11.8 Å². The van der Waals surface area contributed by atoms with Crippen LogP contribution < -0.4 is 5.32 Å². The minimum atomic E-state index is -0.453. The van der Waals surface area contributed by atoms with Crippen LogP contribution in [-0.4, -0.2) is 15.7 Å². The predicted molar refractivity (Wildman–Crippen MR) is 74.7 cm³/mol. The van der Waals surface area contributed by atoms with Crippen molar-refractivity contribution in [2.75, 3.05) is 5.32 Å². The quantitative estimate of drug-likeness (QED) is 0.936. The summed E-state index contributed by atoms with van der Waals surface area (Å²) in [6, 6.07) is 5.81. The van der Waals surface area contributed by atoms with Gasteiger partial charge in [-0.3, -0.25) is 4.79 Å². The van der Waals surface area contributed by atoms with Crippen LogP contribution in [0.1, 0.15) is 30.2 Å². The number of benzene rings is 1. The first-order valence-electron chi connectivity index (χ1n) is 5.79. The van der Waals surface area contributed by atoms with Crippen molar-refractivity contribution in [1.29, 1.82) is 0 Å². The van der Waals surface area contributed by atoms with Crippen molar-refractivity contribution in [3.05, 3.63) is 46.3 Å². The van der Waals surface area contributed by atoms with E-state index in [0.717, 1.165) is 0 Å². The van der Waals surface area contributed by atoms with E-state index in [-0.39, 0.29) is 17.5 Å². The van der Waals surface area contributed by atoms with Crippen LogP contribution in [0.25, 0.3) is 0 Å². The molecule has 0 saturated heterocycles. The summed E-state index contributed by atoms with van der Waals surface area (Å²) < 4.78 is 15.4. The largest absolute Gasteiger partial charge is 0.307 e. The Morgan fingerprint density at radius 2 is 2.16 bits per heavy atom. The number of aromatic nitrogens is 2. The highest BCUT2D eigenvalue weighted by Crippen LogP contribution is 2.20. The van der Waals surface area contributed by atoms with Gasteiger partial charge >= 0.3 is 0 Å². The van der Waals surface area contributed by atoms with E-state index in [1.165, 1.54) is 18.2 Å². The zero-order valence-electron chi connectivity index (χ0n) is 10.5. The molecule has 1 amide bonds. The molecule has 0 radical (unpaired) electrons. The number of amides is 1. The third-order valence-corrected chi connectivity index (χ3v) is 3.27. The first-order chi connectivity index (χ1) is 8.99. The summed E-state index contributed by atoms with van der Waals surface area (Å²) in [6.45, 7) is 3.92. The second-order valence-corrected chi connectivity index (χ2v) is 5.19. The summed E-state index contributed by atoms with van der Waals surface area (Å²) >= 11 is 3.23. The molecule has 0 saturated carbocycles. The Bertz CT molecular complexity index is 610. The average molecular weight is 326 g/mol. The summed E-state index contributed by atoms with van der Waals surface area (Å²) in [5.74, 6) is -0.254. The second-order valence-electron chi connectivity index (χ2n) is 4.33. The summed E-state index contributed by atoms with van der Waals surface area (Å²) in [4.78, 5) is 12.1. The fraction of sp³-hybridized carbons (Fsp3) is 0.231. The van der Waals surface area contributed by atoms with Crippen LogP contribution >= 0.6 is 15.9 Å². The number of hydrogen-bond acceptors (Lipinski definition) is 2. The molecule has 4 nitrogen and oxygen atoms in total. The van der Waals surface area contributed by atoms with Gasteiger partial charge < -0.3 is 5.32 Å². The van der Waals surface area contributed by atoms with Crippen molar-refractivity contribution in [1.82, 2.24) is 9.78 Å². The minimum Gasteiger partial charge on any atom is -0.307 e. The van der Waals surface area contributed by atoms with Gasteiger partial charge in [-0.15, -0.1) is 0 Å². The molecule has 19 heavy (non-hydrogen) atoms. The Hall–Kier alpha value is -1.69. The fourth-order valence-electron chi connectivity index (χ4n) is 1.68. The Morgan fingerprint density at radius 1 is 1.42 bits per heavy atom. The van der Waals surface area contributed by atoms with Gasteiger partial charge in [-0.25, -0.2) is 9.07 Å². The monoisotopic (exact) mass is 325 g/mol. The molecule has 0 fully saturated rings. The van der Waals surface area contributed by atoms with Crippen molar-refractivity contribution < 1.29 is 9.18 Å². The predicted octanol–water partition coefficient (Wildman–Crippen LogP) is 3.62. The lowest BCUT2D eigenvalue weighted by Crippen LogP contribution is -2.17. The molecule has 0 bridgehead atoms. The standard InChI is InChI=1S/C13H13BrFN3O/c1-8(2)18-12(5-6-16-18)17-13(19)10-7-9(15)3-4-11(10)14/h3-8H,1-2H3,(H,17,19). The molecular weight excluding hydrogens is 313 g/mol. The average Bonchev–Trinajstić information content (AvgIpc) is 2.80. The first-order valence-corrected chi connectivity index (χ1v) is 6.58. The number of nitrogens with one attached hydrogen (secondary N) is 1. The highest BCUT2D eigenvalue weighted by Gasteiger charge is 2.14. The van der Waals surface area contributed by atoms with E-state index in [2.05, 4.69) is 26.3 Å². The number of hydrogen-bond donors (Lipinski definition) is 1. The van der Waals surface area contributed by atoms with Gasteiger partial charge in [0.25, 0.3) is 5.91 Å². The lowest BCUT2D eigenvalue weighted by molar-refractivity contribution is 0.102. The van der Waals surface area contributed by atoms with Crippen LogP contribution in [0, 0.1) is 5.82 Å². The molecule has 0 spiro atoms. The van der Waals surface area contributed by atoms with Crippen molar-refractivity contribution >= 4 is 27.7 Å². The summed E-state index contributed by atoms with van der Waals surface area (Å²) in [5, 5.41) is 6.84. The summed E-state index contributed by atoms with van der Waals surface area (Å²) in [5.41, 5.74) is 0.247. The number of halogens is 2. The van der Waals surface area contributed by atoms with E-state index in [1.54, 1.807) is 16.9 Å². The Balaban J connectivity index is 2.26. The molecule has 2 aromatic rings. The number of rotatable bonds is 3. The van der Waals surface area contributed by atoms with Crippen molar-refractivity contribution in [2.24, 2.45) is 0 Å². The van der Waals surface area contributed by atoms with Crippen LogP contribution in [0.5, 0.6) is 0 Å². The van der Waals surface area contributed by atoms with E-state index < -0.39 is 5.82 Å². The van der Waals surface area contributed by atoms with E-state index in [4.69, 9.17) is 0 Å². The molecule has 1 heterocycles. The second kappa shape index (κ2) is 5.52. The smallest absolute Gasteiger partial charge is 0.258 e. The molecule has 6 heteroatoms. The summed E-state index contributed by atoms with van der Waals surface area (Å²) in [6.07, 6.45) is 1.61. The summed E-state index contributed by atoms with van der Waals surface area (Å²) in [7, 11) is 0. The molecule has 0 aliphatic rings. The third-order valence-electron chi connectivity index (χ3n) is 2.57. The maximum absolute atomic E-state index is 13.2. The van der Waals surface area contributed by atoms with Crippen LogP contribution in [0.2, 0.25) is 0 Å². The van der Waals surface area contributed by atoms with Gasteiger partial charge in [0.1, 0.15) is 11.6 Å². The van der Waals surface area contributed by atoms with E-state index in [1.807, 2.05) is 13.8 Å². The Kier molecular flexibility index (Phi) is 3.99. The van der Waals surface area contributed by atoms with Gasteiger partial charge in [-0.2, -0.15) is 5.10 Å². The van der Waals surface area contributed by atoms with Gasteiger partial charge in [0, 0.05) is 16.6 Å². The third kappa shape index (κ3) is 3.01. The number of nitrogens with zero attached hydrogens (tertiary/aromatic N) is 2. The molecular formula is C13H13BrFN3O. The highest BCUT2D eigenvalue weighted by atomic mass is 79.9. The number of carbonyl (C=O) groups excluding carboxylic acids is 1. The molecule has 0 aliphatic heterocycles. The van der Waals surface area contributed by atoms with E-state index in [9.17, 15) is 9.18 Å². The molecule has 2 rings (SSSR count). The SMILES string of the molecule is CC(C)n1nccc1NC(=O)c1cc(F)ccc1Br. The molecule has 1 aromatic carbocycles. The lowest BCUT2D eigenvalue weighted by atomic mass is 10.2. The first kappa shape index (κ1) is 13.7. The van der Waals surface area contributed by atoms with Crippen molar-refractivity contribution in [2.45, 2.75) is 19.9 Å². The molecule has 0 atom stereocenters. The van der Waals surface area contributed by atoms with Crippen LogP contribution in [0.4, 0.5) is 10.2 Å². The van der Waals surface area contributed by atoms with Gasteiger partial charge in [-0.05, 0) is 48.0 Å². The van der Waals surface area contributed by atoms with Crippen LogP contribution in [0.15, 0.2) is 34.9 Å². The fourth-order valence-corrected chi connectivity index (χ4v) is 2.11. The van der Waals surface area contributed by atoms with E-state index in [0.29, 0.717) is 10.3 Å². The van der Waals surface area contributed by atoms with Crippen molar-refractivity contribution in [3.8, 4) is 0 Å². The highest BCUT2D eigenvalue weighted by molar-refractivity contribution is 9.10. The maximum atomic E-state index is 13.2.